The molecule has 1 amide bonds. The third-order valence-corrected chi connectivity index (χ3v) is 3.66. The summed E-state index contributed by atoms with van der Waals surface area (Å²) in [5.74, 6) is 0.165. The Morgan fingerprint density at radius 2 is 1.83 bits per heavy atom. The van der Waals surface area contributed by atoms with E-state index in [9.17, 15) is 9.59 Å². The highest BCUT2D eigenvalue weighted by Gasteiger charge is 2.16. The molecular weight excluding hydrogens is 292 g/mol. The lowest BCUT2D eigenvalue weighted by molar-refractivity contribution is 0.102. The molecule has 0 spiro atoms. The van der Waals surface area contributed by atoms with Crippen molar-refractivity contribution in [2.24, 2.45) is 7.05 Å². The highest BCUT2D eigenvalue weighted by Crippen LogP contribution is 2.23. The van der Waals surface area contributed by atoms with Crippen LogP contribution < -0.4 is 15.5 Å². The lowest BCUT2D eigenvalue weighted by atomic mass is 10.1. The average molecular weight is 308 g/mol. The van der Waals surface area contributed by atoms with Gasteiger partial charge in [-0.05, 0) is 24.3 Å². The Morgan fingerprint density at radius 1 is 1.09 bits per heavy atom. The molecular formula is C18H16N2O3. The van der Waals surface area contributed by atoms with Gasteiger partial charge in [0.2, 0.25) is 5.43 Å². The quantitative estimate of drug-likeness (QED) is 0.809. The molecule has 1 aromatic heterocycles. The number of anilines is 1. The van der Waals surface area contributed by atoms with Crippen LogP contribution in [0.15, 0.2) is 59.5 Å². The minimum atomic E-state index is -0.429. The molecule has 2 aromatic carbocycles. The van der Waals surface area contributed by atoms with Crippen molar-refractivity contribution in [1.29, 1.82) is 0 Å². The predicted molar refractivity (Wildman–Crippen MR) is 90.1 cm³/mol. The summed E-state index contributed by atoms with van der Waals surface area (Å²) in [6.07, 6.45) is 1.53. The smallest absolute Gasteiger partial charge is 0.261 e. The van der Waals surface area contributed by atoms with E-state index in [1.807, 2.05) is 18.2 Å². The molecule has 1 N–H and O–H groups in total. The summed E-state index contributed by atoms with van der Waals surface area (Å²) in [7, 11) is 3.33. The second kappa shape index (κ2) is 5.96. The van der Waals surface area contributed by atoms with Crippen molar-refractivity contribution in [3.8, 4) is 5.75 Å². The number of ether oxygens (including phenoxy) is 1. The molecule has 0 aliphatic rings. The molecule has 0 fully saturated rings. The Kier molecular flexibility index (Phi) is 3.85. The van der Waals surface area contributed by atoms with Crippen molar-refractivity contribution in [2.75, 3.05) is 12.4 Å². The number of aromatic nitrogens is 1. The van der Waals surface area contributed by atoms with Crippen molar-refractivity contribution >= 4 is 22.5 Å². The van der Waals surface area contributed by atoms with Crippen LogP contribution in [0.1, 0.15) is 10.4 Å². The molecule has 0 atom stereocenters. The second-order valence-corrected chi connectivity index (χ2v) is 5.16. The number of nitrogens with zero attached hydrogens (tertiary/aromatic N) is 1. The van der Waals surface area contributed by atoms with E-state index < -0.39 is 5.91 Å². The van der Waals surface area contributed by atoms with Gasteiger partial charge < -0.3 is 14.6 Å². The number of para-hydroxylation sites is 2. The van der Waals surface area contributed by atoms with Gasteiger partial charge in [-0.3, -0.25) is 9.59 Å². The normalized spacial score (nSPS) is 10.5. The van der Waals surface area contributed by atoms with Gasteiger partial charge in [0.1, 0.15) is 11.3 Å². The van der Waals surface area contributed by atoms with E-state index in [-0.39, 0.29) is 11.0 Å². The SMILES string of the molecule is COc1cccc2c(=O)c(C(=O)Nc3ccccc3)cn(C)c12. The number of hydrogen-bond donors (Lipinski definition) is 1. The van der Waals surface area contributed by atoms with E-state index in [4.69, 9.17) is 4.74 Å². The Morgan fingerprint density at radius 3 is 2.52 bits per heavy atom. The van der Waals surface area contributed by atoms with Crippen molar-refractivity contribution in [2.45, 2.75) is 0 Å². The van der Waals surface area contributed by atoms with Gasteiger partial charge >= 0.3 is 0 Å². The highest BCUT2D eigenvalue weighted by atomic mass is 16.5. The third kappa shape index (κ3) is 2.68. The van der Waals surface area contributed by atoms with Crippen LogP contribution in [0.3, 0.4) is 0 Å². The molecule has 0 radical (unpaired) electrons. The molecule has 116 valence electrons. The van der Waals surface area contributed by atoms with Crippen molar-refractivity contribution in [1.82, 2.24) is 4.57 Å². The molecule has 3 rings (SSSR count). The van der Waals surface area contributed by atoms with E-state index in [0.717, 1.165) is 0 Å². The number of carbonyl (C=O) groups is 1. The number of nitrogens with one attached hydrogen (secondary N) is 1. The molecule has 5 heteroatoms. The number of methoxy groups -OCH3 is 1. The van der Waals surface area contributed by atoms with Crippen LogP contribution in [0, 0.1) is 0 Å². The molecule has 0 bridgehead atoms. The first kappa shape index (κ1) is 14.8. The summed E-state index contributed by atoms with van der Waals surface area (Å²) in [6, 6.07) is 14.3. The van der Waals surface area contributed by atoms with E-state index in [2.05, 4.69) is 5.32 Å². The summed E-state index contributed by atoms with van der Waals surface area (Å²) in [5.41, 5.74) is 1.09. The minimum absolute atomic E-state index is 0.0945. The van der Waals surface area contributed by atoms with Gasteiger partial charge in [-0.25, -0.2) is 0 Å². The maximum atomic E-state index is 12.7. The zero-order valence-corrected chi connectivity index (χ0v) is 12.9. The molecule has 3 aromatic rings. The van der Waals surface area contributed by atoms with Gasteiger partial charge in [-0.1, -0.05) is 24.3 Å². The standard InChI is InChI=1S/C18H16N2O3/c1-20-11-14(18(22)19-12-7-4-3-5-8-12)17(21)13-9-6-10-15(23-2)16(13)20/h3-11H,1-2H3,(H,19,22). The number of rotatable bonds is 3. The number of fused-ring (bicyclic) bond motifs is 1. The number of pyridine rings is 1. The number of carbonyl (C=O) groups excluding carboxylic acids is 1. The number of amides is 1. The van der Waals surface area contributed by atoms with Crippen molar-refractivity contribution in [3.05, 3.63) is 70.5 Å². The van der Waals surface area contributed by atoms with Gasteiger partial charge in [-0.15, -0.1) is 0 Å². The van der Waals surface area contributed by atoms with Crippen molar-refractivity contribution < 1.29 is 9.53 Å². The molecule has 0 unspecified atom stereocenters. The third-order valence-electron chi connectivity index (χ3n) is 3.66. The Labute approximate surface area is 133 Å². The first-order valence-electron chi connectivity index (χ1n) is 7.14. The molecule has 0 saturated heterocycles. The fourth-order valence-corrected chi connectivity index (χ4v) is 2.58. The van der Waals surface area contributed by atoms with Gasteiger partial charge in [-0.2, -0.15) is 0 Å². The summed E-state index contributed by atoms with van der Waals surface area (Å²) in [5, 5.41) is 3.19. The van der Waals surface area contributed by atoms with Gasteiger partial charge in [0.05, 0.1) is 18.0 Å². The van der Waals surface area contributed by atoms with Crippen LogP contribution in [-0.2, 0) is 7.05 Å². The first-order valence-corrected chi connectivity index (χ1v) is 7.14. The fourth-order valence-electron chi connectivity index (χ4n) is 2.58. The summed E-state index contributed by atoms with van der Waals surface area (Å²) < 4.78 is 7.03. The van der Waals surface area contributed by atoms with Crippen molar-refractivity contribution in [3.63, 3.8) is 0 Å². The topological polar surface area (TPSA) is 60.3 Å². The summed E-state index contributed by atoms with van der Waals surface area (Å²) in [4.78, 5) is 25.1. The largest absolute Gasteiger partial charge is 0.495 e. The van der Waals surface area contributed by atoms with Crippen LogP contribution in [0.4, 0.5) is 5.69 Å². The minimum Gasteiger partial charge on any atom is -0.495 e. The van der Waals surface area contributed by atoms with Crippen LogP contribution in [0.5, 0.6) is 5.75 Å². The van der Waals surface area contributed by atoms with E-state index in [0.29, 0.717) is 22.3 Å². The van der Waals surface area contributed by atoms with Gasteiger partial charge in [0, 0.05) is 18.9 Å². The molecule has 23 heavy (non-hydrogen) atoms. The molecule has 5 nitrogen and oxygen atoms in total. The fraction of sp³-hybridized carbons (Fsp3) is 0.111. The molecule has 1 heterocycles. The Bertz CT molecular complexity index is 930. The van der Waals surface area contributed by atoms with E-state index >= 15 is 0 Å². The van der Waals surface area contributed by atoms with Crippen LogP contribution in [0.2, 0.25) is 0 Å². The Hall–Kier alpha value is -3.08. The lowest BCUT2D eigenvalue weighted by Gasteiger charge is -2.12. The molecule has 0 aliphatic heterocycles. The molecule has 0 aliphatic carbocycles. The number of aryl methyl sites for hydroxylation is 1. The number of benzene rings is 2. The van der Waals surface area contributed by atoms with Crippen LogP contribution >= 0.6 is 0 Å². The molecule has 0 saturated carbocycles. The predicted octanol–water partition coefficient (Wildman–Crippen LogP) is 2.80. The van der Waals surface area contributed by atoms with E-state index in [1.165, 1.54) is 6.20 Å². The summed E-state index contributed by atoms with van der Waals surface area (Å²) in [6.45, 7) is 0. The van der Waals surface area contributed by atoms with Gasteiger partial charge in [0.25, 0.3) is 5.91 Å². The summed E-state index contributed by atoms with van der Waals surface area (Å²) >= 11 is 0. The maximum absolute atomic E-state index is 12.7. The van der Waals surface area contributed by atoms with E-state index in [1.54, 1.807) is 49.1 Å². The Balaban J connectivity index is 2.11. The zero-order valence-electron chi connectivity index (χ0n) is 12.9. The van der Waals surface area contributed by atoms with Crippen LogP contribution in [0.25, 0.3) is 10.9 Å². The first-order chi connectivity index (χ1) is 11.1. The zero-order chi connectivity index (χ0) is 16.4. The van der Waals surface area contributed by atoms with Gasteiger partial charge in [0.15, 0.2) is 0 Å². The second-order valence-electron chi connectivity index (χ2n) is 5.16. The highest BCUT2D eigenvalue weighted by molar-refractivity contribution is 6.06. The average Bonchev–Trinajstić information content (AvgIpc) is 2.58. The lowest BCUT2D eigenvalue weighted by Crippen LogP contribution is -2.23. The monoisotopic (exact) mass is 308 g/mol. The van der Waals surface area contributed by atoms with Crippen LogP contribution in [-0.4, -0.2) is 17.6 Å². The maximum Gasteiger partial charge on any atom is 0.261 e. The number of hydrogen-bond acceptors (Lipinski definition) is 3.